The Morgan fingerprint density at radius 1 is 1.34 bits per heavy atom. The highest BCUT2D eigenvalue weighted by Gasteiger charge is 2.41. The third-order valence-electron chi connectivity index (χ3n) is 6.79. The Labute approximate surface area is 169 Å². The van der Waals surface area contributed by atoms with Crippen molar-refractivity contribution in [3.63, 3.8) is 0 Å². The number of aliphatic hydroxyl groups excluding tert-OH is 1. The fourth-order valence-corrected chi connectivity index (χ4v) is 5.21. The molecule has 29 heavy (non-hydrogen) atoms. The second-order valence-corrected chi connectivity index (χ2v) is 8.56. The largest absolute Gasteiger partial charge is 0.394 e. The number of carbonyl (C=O) groups is 2. The SMILES string of the molecule is CC1=C(CC(=O)N[C@H](CO)C2CCC(F)CC2F)C(=O)NC2CCCC(C#N)C12. The summed E-state index contributed by atoms with van der Waals surface area (Å²) in [6, 6.07) is 1.43. The minimum atomic E-state index is -1.42. The predicted molar refractivity (Wildman–Crippen MR) is 102 cm³/mol. The number of fused-ring (bicyclic) bond motifs is 1. The van der Waals surface area contributed by atoms with Gasteiger partial charge in [0.25, 0.3) is 0 Å². The smallest absolute Gasteiger partial charge is 0.247 e. The van der Waals surface area contributed by atoms with Crippen LogP contribution in [-0.2, 0) is 9.59 Å². The second-order valence-electron chi connectivity index (χ2n) is 8.56. The predicted octanol–water partition coefficient (Wildman–Crippen LogP) is 2.08. The van der Waals surface area contributed by atoms with E-state index in [4.69, 9.17) is 0 Å². The van der Waals surface area contributed by atoms with Crippen LogP contribution in [0.4, 0.5) is 8.78 Å². The first-order valence-corrected chi connectivity index (χ1v) is 10.4. The summed E-state index contributed by atoms with van der Waals surface area (Å²) in [6.45, 7) is 1.36. The molecule has 3 rings (SSSR count). The van der Waals surface area contributed by atoms with E-state index < -0.39 is 36.8 Å². The van der Waals surface area contributed by atoms with Crippen LogP contribution >= 0.6 is 0 Å². The molecule has 0 bridgehead atoms. The topological polar surface area (TPSA) is 102 Å². The van der Waals surface area contributed by atoms with E-state index in [0.29, 0.717) is 5.57 Å². The van der Waals surface area contributed by atoms with Crippen molar-refractivity contribution >= 4 is 11.8 Å². The quantitative estimate of drug-likeness (QED) is 0.647. The summed E-state index contributed by atoms with van der Waals surface area (Å²) in [5, 5.41) is 24.7. The number of nitrogens with one attached hydrogen (secondary N) is 2. The Bertz CT molecular complexity index is 720. The van der Waals surface area contributed by atoms with E-state index >= 15 is 0 Å². The van der Waals surface area contributed by atoms with Gasteiger partial charge in [-0.1, -0.05) is 12.0 Å². The Hall–Kier alpha value is -2.01. The summed E-state index contributed by atoms with van der Waals surface area (Å²) in [5.41, 5.74) is 1.11. The molecule has 3 aliphatic rings. The molecule has 6 unspecified atom stereocenters. The van der Waals surface area contributed by atoms with Gasteiger partial charge in [0.1, 0.15) is 12.3 Å². The average Bonchev–Trinajstić information content (AvgIpc) is 2.69. The molecule has 160 valence electrons. The van der Waals surface area contributed by atoms with Gasteiger partial charge in [0, 0.05) is 29.9 Å². The third kappa shape index (κ3) is 4.61. The van der Waals surface area contributed by atoms with Crippen molar-refractivity contribution in [1.29, 1.82) is 5.26 Å². The Morgan fingerprint density at radius 2 is 2.10 bits per heavy atom. The molecule has 6 nitrogen and oxygen atoms in total. The van der Waals surface area contributed by atoms with Gasteiger partial charge in [-0.15, -0.1) is 0 Å². The first-order chi connectivity index (χ1) is 13.8. The number of nitrogens with zero attached hydrogens (tertiary/aromatic N) is 1. The van der Waals surface area contributed by atoms with Gasteiger partial charge in [-0.2, -0.15) is 5.26 Å². The van der Waals surface area contributed by atoms with Crippen LogP contribution in [0.5, 0.6) is 0 Å². The highest BCUT2D eigenvalue weighted by Crippen LogP contribution is 2.39. The van der Waals surface area contributed by atoms with Crippen molar-refractivity contribution in [3.8, 4) is 6.07 Å². The molecule has 2 aliphatic carbocycles. The first kappa shape index (κ1) is 21.7. The van der Waals surface area contributed by atoms with Gasteiger partial charge < -0.3 is 15.7 Å². The normalized spacial score (nSPS) is 35.9. The summed E-state index contributed by atoms with van der Waals surface area (Å²) < 4.78 is 27.6. The molecule has 0 saturated heterocycles. The minimum Gasteiger partial charge on any atom is -0.394 e. The van der Waals surface area contributed by atoms with E-state index in [1.165, 1.54) is 0 Å². The van der Waals surface area contributed by atoms with Crippen LogP contribution in [0.15, 0.2) is 11.1 Å². The van der Waals surface area contributed by atoms with Crippen LogP contribution in [-0.4, -0.2) is 48.0 Å². The fraction of sp³-hybridized carbons (Fsp3) is 0.762. The summed E-state index contributed by atoms with van der Waals surface area (Å²) in [6.07, 6.45) is -0.0909. The molecule has 1 heterocycles. The van der Waals surface area contributed by atoms with Gasteiger partial charge in [-0.3, -0.25) is 9.59 Å². The van der Waals surface area contributed by atoms with Crippen LogP contribution < -0.4 is 10.6 Å². The zero-order valence-electron chi connectivity index (χ0n) is 16.7. The van der Waals surface area contributed by atoms with E-state index in [2.05, 4.69) is 16.7 Å². The molecule has 0 aromatic heterocycles. The number of aliphatic hydroxyl groups is 1. The van der Waals surface area contributed by atoms with Crippen molar-refractivity contribution in [1.82, 2.24) is 10.6 Å². The van der Waals surface area contributed by atoms with Crippen molar-refractivity contribution < 1.29 is 23.5 Å². The number of hydrogen-bond acceptors (Lipinski definition) is 4. The van der Waals surface area contributed by atoms with Crippen LogP contribution in [0.3, 0.4) is 0 Å². The van der Waals surface area contributed by atoms with E-state index in [0.717, 1.165) is 24.8 Å². The Balaban J connectivity index is 1.70. The maximum Gasteiger partial charge on any atom is 0.247 e. The molecule has 2 amide bonds. The minimum absolute atomic E-state index is 0.0823. The lowest BCUT2D eigenvalue weighted by Crippen LogP contribution is -2.51. The number of halogens is 2. The molecular formula is C21H29F2N3O3. The lowest BCUT2D eigenvalue weighted by atomic mass is 9.70. The lowest BCUT2D eigenvalue weighted by Gasteiger charge is -2.40. The summed E-state index contributed by atoms with van der Waals surface area (Å²) in [5.74, 6) is -1.72. The molecule has 3 N–H and O–H groups in total. The summed E-state index contributed by atoms with van der Waals surface area (Å²) in [7, 11) is 0. The zero-order chi connectivity index (χ0) is 21.1. The second kappa shape index (κ2) is 9.21. The van der Waals surface area contributed by atoms with Gasteiger partial charge in [0.05, 0.1) is 31.1 Å². The van der Waals surface area contributed by atoms with E-state index in [-0.39, 0.29) is 49.5 Å². The average molecular weight is 409 g/mol. The van der Waals surface area contributed by atoms with Crippen molar-refractivity contribution in [2.75, 3.05) is 6.61 Å². The molecule has 0 spiro atoms. The lowest BCUT2D eigenvalue weighted by molar-refractivity contribution is -0.125. The number of amides is 2. The van der Waals surface area contributed by atoms with Crippen LogP contribution in [0.2, 0.25) is 0 Å². The van der Waals surface area contributed by atoms with Gasteiger partial charge in [-0.05, 0) is 32.6 Å². The first-order valence-electron chi connectivity index (χ1n) is 10.4. The highest BCUT2D eigenvalue weighted by molar-refractivity contribution is 6.00. The van der Waals surface area contributed by atoms with Crippen molar-refractivity contribution in [2.24, 2.45) is 17.8 Å². The molecule has 2 saturated carbocycles. The standard InChI is InChI=1S/C21H29F2N3O3/c1-11-15(21(29)26-17-4-2-3-12(9-24)20(11)17)8-19(28)25-18(10-27)14-6-5-13(22)7-16(14)23/h12-14,16-18,20,27H,2-8,10H2,1H3,(H,25,28)(H,26,29)/t12?,13?,14?,16?,17?,18-,20?/m1/s1. The monoisotopic (exact) mass is 409 g/mol. The molecule has 8 heteroatoms. The maximum atomic E-state index is 14.2. The van der Waals surface area contributed by atoms with Crippen molar-refractivity contribution in [3.05, 3.63) is 11.1 Å². The van der Waals surface area contributed by atoms with Crippen LogP contribution in [0.1, 0.15) is 51.9 Å². The number of carbonyl (C=O) groups excluding carboxylic acids is 2. The fourth-order valence-electron chi connectivity index (χ4n) is 5.21. The highest BCUT2D eigenvalue weighted by atomic mass is 19.1. The molecule has 0 aromatic carbocycles. The van der Waals surface area contributed by atoms with Gasteiger partial charge in [0.15, 0.2) is 0 Å². The molecular weight excluding hydrogens is 380 g/mol. The molecule has 7 atom stereocenters. The summed E-state index contributed by atoms with van der Waals surface area (Å²) in [4.78, 5) is 25.2. The Kier molecular flexibility index (Phi) is 6.89. The molecule has 2 fully saturated rings. The third-order valence-corrected chi connectivity index (χ3v) is 6.79. The van der Waals surface area contributed by atoms with E-state index in [1.54, 1.807) is 6.92 Å². The Morgan fingerprint density at radius 3 is 2.76 bits per heavy atom. The van der Waals surface area contributed by atoms with Crippen LogP contribution in [0, 0.1) is 29.1 Å². The zero-order valence-corrected chi connectivity index (χ0v) is 16.7. The maximum absolute atomic E-state index is 14.2. The number of alkyl halides is 2. The number of rotatable bonds is 5. The molecule has 0 aromatic rings. The van der Waals surface area contributed by atoms with Crippen LogP contribution in [0.25, 0.3) is 0 Å². The number of nitriles is 1. The van der Waals surface area contributed by atoms with E-state index in [9.17, 15) is 28.7 Å². The summed E-state index contributed by atoms with van der Waals surface area (Å²) >= 11 is 0. The number of hydrogen-bond donors (Lipinski definition) is 3. The van der Waals surface area contributed by atoms with Crippen molar-refractivity contribution in [2.45, 2.75) is 76.3 Å². The van der Waals surface area contributed by atoms with Gasteiger partial charge >= 0.3 is 0 Å². The van der Waals surface area contributed by atoms with E-state index in [1.807, 2.05) is 0 Å². The van der Waals surface area contributed by atoms with Gasteiger partial charge in [-0.25, -0.2) is 8.78 Å². The van der Waals surface area contributed by atoms with Gasteiger partial charge in [0.2, 0.25) is 11.8 Å². The molecule has 1 aliphatic heterocycles. The molecule has 0 radical (unpaired) electrons.